The van der Waals surface area contributed by atoms with Crippen LogP contribution in [0.25, 0.3) is 63.6 Å². The van der Waals surface area contributed by atoms with Crippen LogP contribution >= 0.6 is 34.0 Å². The molecule has 0 unspecified atom stereocenters. The molecule has 0 bridgehead atoms. The number of carbonyl (C=O) groups excluding carboxylic acids is 6. The monoisotopic (exact) mass is 1380 g/mol. The molecule has 99 heavy (non-hydrogen) atoms. The zero-order chi connectivity index (χ0) is 70.6. The fourth-order valence-electron chi connectivity index (χ4n) is 11.3. The zero-order valence-corrected chi connectivity index (χ0v) is 56.0. The average Bonchev–Trinajstić information content (AvgIpc) is 1.65. The number of phenols is 6. The van der Waals surface area contributed by atoms with Crippen molar-refractivity contribution in [1.82, 2.24) is 0 Å². The maximum absolute atomic E-state index is 13.6. The molecule has 0 aliphatic carbocycles. The van der Waals surface area contributed by atoms with Crippen LogP contribution in [-0.4, -0.2) is 67.4 Å². The number of thiophene rings is 3. The van der Waals surface area contributed by atoms with Crippen LogP contribution in [0.3, 0.4) is 0 Å². The molecule has 0 saturated carbocycles. The molecule has 12 rings (SSSR count). The van der Waals surface area contributed by atoms with E-state index >= 15 is 0 Å². The van der Waals surface area contributed by atoms with E-state index in [0.29, 0.717) is 65.3 Å². The van der Waals surface area contributed by atoms with Gasteiger partial charge in [0.05, 0.1) is 31.3 Å². The van der Waals surface area contributed by atoms with E-state index in [4.69, 9.17) is 14.2 Å². The van der Waals surface area contributed by atoms with Gasteiger partial charge in [-0.25, -0.2) is 0 Å². The minimum absolute atomic E-state index is 0.0585. The van der Waals surface area contributed by atoms with Gasteiger partial charge in [0, 0.05) is 46.9 Å². The van der Waals surface area contributed by atoms with Crippen molar-refractivity contribution in [2.24, 2.45) is 0 Å². The Morgan fingerprint density at radius 2 is 0.576 bits per heavy atom. The van der Waals surface area contributed by atoms with Gasteiger partial charge in [-0.3, -0.25) is 28.8 Å². The first-order valence-corrected chi connectivity index (χ1v) is 32.5. The van der Waals surface area contributed by atoms with Gasteiger partial charge in [-0.15, -0.1) is 34.0 Å². The molecule has 498 valence electrons. The first kappa shape index (κ1) is 69.5. The van der Waals surface area contributed by atoms with Gasteiger partial charge in [0.25, 0.3) is 19.4 Å². The summed E-state index contributed by atoms with van der Waals surface area (Å²) in [5.41, 5.74) is 9.94. The number of aryl methyl sites for hydroxylation is 6. The van der Waals surface area contributed by atoms with Crippen LogP contribution in [0.2, 0.25) is 0 Å². The summed E-state index contributed by atoms with van der Waals surface area (Å²) in [4.78, 5) is 72.8. The molecule has 0 fully saturated rings. The van der Waals surface area contributed by atoms with Crippen molar-refractivity contribution >= 4 is 101 Å². The lowest BCUT2D eigenvalue weighted by Gasteiger charge is -2.10. The van der Waals surface area contributed by atoms with Gasteiger partial charge in [-0.1, -0.05) is 54.6 Å². The Hall–Kier alpha value is -12.3. The molecule has 18 nitrogen and oxygen atoms in total. The summed E-state index contributed by atoms with van der Waals surface area (Å²) in [6, 6.07) is 46.5. The molecule has 3 aromatic heterocycles. The van der Waals surface area contributed by atoms with Crippen molar-refractivity contribution in [3.8, 4) is 85.1 Å². The number of hydrogen-bond donors (Lipinski definition) is 6. The van der Waals surface area contributed by atoms with Gasteiger partial charge < -0.3 is 59.1 Å². The number of hydrogen-bond acceptors (Lipinski definition) is 21. The highest BCUT2D eigenvalue weighted by Gasteiger charge is 2.29. The molecule has 9 aromatic carbocycles. The summed E-state index contributed by atoms with van der Waals surface area (Å²) in [7, 11) is 0. The molecular weight excluding hydrogens is 1320 g/mol. The smallest absolute Gasteiger partial charge is 0.298 e. The van der Waals surface area contributed by atoms with E-state index in [1.54, 1.807) is 130 Å². The third-order valence-electron chi connectivity index (χ3n) is 15.3. The van der Waals surface area contributed by atoms with Crippen molar-refractivity contribution in [3.63, 3.8) is 0 Å². The maximum Gasteiger partial charge on any atom is 0.298 e. The fraction of sp³-hybridized carbons (Fsp3) is 0.0769. The highest BCUT2D eigenvalue weighted by molar-refractivity contribution is 7.22. The van der Waals surface area contributed by atoms with E-state index in [9.17, 15) is 59.4 Å². The van der Waals surface area contributed by atoms with Crippen molar-refractivity contribution in [2.45, 2.75) is 41.5 Å². The Morgan fingerprint density at radius 3 is 0.808 bits per heavy atom. The first-order chi connectivity index (χ1) is 47.7. The van der Waals surface area contributed by atoms with Crippen LogP contribution in [0.15, 0.2) is 201 Å². The highest BCUT2D eigenvalue weighted by atomic mass is 32.1. The topological polar surface area (TPSA) is 279 Å². The van der Waals surface area contributed by atoms with Crippen LogP contribution in [0, 0.1) is 41.5 Å². The number of carbonyl (C=O) groups is 6. The molecule has 3 heterocycles. The molecule has 6 N–H and O–H groups in total. The number of fused-ring (bicyclic) bond motifs is 3. The lowest BCUT2D eigenvalue weighted by Crippen LogP contribution is -2.04. The first-order valence-electron chi connectivity index (χ1n) is 30.0. The molecule has 0 radical (unpaired) electrons. The Kier molecular flexibility index (Phi) is 21.8. The van der Waals surface area contributed by atoms with Gasteiger partial charge in [0.15, 0.2) is 0 Å². The minimum Gasteiger partial charge on any atom is -0.508 e. The molecule has 21 heteroatoms. The van der Waals surface area contributed by atoms with Crippen LogP contribution in [-0.2, 0) is 28.6 Å². The number of rotatable bonds is 21. The number of aromatic hydroxyl groups is 6. The lowest BCUT2D eigenvalue weighted by atomic mass is 9.95. The Balaban J connectivity index is 0.000000161. The van der Waals surface area contributed by atoms with E-state index in [-0.39, 0.29) is 88.0 Å². The number of benzene rings is 9. The Morgan fingerprint density at radius 1 is 0.323 bits per heavy atom. The van der Waals surface area contributed by atoms with E-state index in [1.165, 1.54) is 52.8 Å². The maximum atomic E-state index is 13.6. The molecule has 12 aromatic rings. The summed E-state index contributed by atoms with van der Waals surface area (Å²) in [6.07, 6.45) is 7.07. The summed E-state index contributed by atoms with van der Waals surface area (Å²) in [5, 5.41) is 63.9. The van der Waals surface area contributed by atoms with E-state index < -0.39 is 0 Å². The van der Waals surface area contributed by atoms with Gasteiger partial charge in [-0.05, 0) is 201 Å². The zero-order valence-electron chi connectivity index (χ0n) is 53.6. The fourth-order valence-corrected chi connectivity index (χ4v) is 14.9. The highest BCUT2D eigenvalue weighted by Crippen LogP contribution is 2.47. The third kappa shape index (κ3) is 15.8. The molecule has 0 spiro atoms. The lowest BCUT2D eigenvalue weighted by molar-refractivity contribution is -0.124. The minimum atomic E-state index is -0.282. The molecule has 0 aliphatic rings. The van der Waals surface area contributed by atoms with Crippen LogP contribution in [0.4, 0.5) is 0 Å². The van der Waals surface area contributed by atoms with Gasteiger partial charge in [-0.2, -0.15) is 0 Å². The average molecular weight is 1380 g/mol. The van der Waals surface area contributed by atoms with E-state index in [2.05, 4.69) is 14.2 Å². The summed E-state index contributed by atoms with van der Waals surface area (Å²) >= 11 is 3.80. The van der Waals surface area contributed by atoms with Crippen LogP contribution < -0.4 is 14.2 Å². The molecule has 0 aliphatic heterocycles. The van der Waals surface area contributed by atoms with Gasteiger partial charge in [0.1, 0.15) is 89.3 Å². The number of ether oxygens (including phenoxy) is 6. The number of ketones is 3. The van der Waals surface area contributed by atoms with Crippen molar-refractivity contribution in [3.05, 3.63) is 266 Å². The standard InChI is InChI=1S/3C26H20O6S/c3*1-15-11-16(2)23(21(29)12-15)25(30)26-24(20-8-5-18(28)13-22(20)33-26)17-3-6-19(7-4-17)32-10-9-31-14-27/h3*3-14,28-29H,1-2H3/b3*10-9+. The molecular formula is C78H60O18S3. The SMILES string of the molecule is Cc1cc(C)c(C(=O)c2sc3cc(O)ccc3c2-c2ccc(O/C=C/OC=O)cc2)c(O)c1.Cc1cc(C)c(C(=O)c2sc3cc(O)ccc3c2-c2ccc(O/C=C/OC=O)cc2)c(O)c1.Cc1cc(C)c(C(=O)c2sc3cc(O)ccc3c2-c2ccc(O/C=C/OC=O)cc2)c(O)c1. The van der Waals surface area contributed by atoms with E-state index in [1.807, 2.05) is 75.4 Å². The Labute approximate surface area is 578 Å². The van der Waals surface area contributed by atoms with Crippen molar-refractivity contribution < 1.29 is 87.8 Å². The largest absolute Gasteiger partial charge is 0.508 e. The van der Waals surface area contributed by atoms with Gasteiger partial charge >= 0.3 is 0 Å². The predicted molar refractivity (Wildman–Crippen MR) is 381 cm³/mol. The summed E-state index contributed by atoms with van der Waals surface area (Å²) in [6.45, 7) is 11.8. The second-order valence-electron chi connectivity index (χ2n) is 22.3. The normalized spacial score (nSPS) is 11.1. The third-order valence-corrected chi connectivity index (χ3v) is 18.8. The molecule has 0 atom stereocenters. The van der Waals surface area contributed by atoms with Gasteiger partial charge in [0.2, 0.25) is 17.3 Å². The molecule has 0 amide bonds. The number of phenolic OH excluding ortho intramolecular Hbond substituents is 6. The van der Waals surface area contributed by atoms with Crippen LogP contribution in [0.5, 0.6) is 51.7 Å². The predicted octanol–water partition coefficient (Wildman–Crippen LogP) is 17.6. The van der Waals surface area contributed by atoms with Crippen LogP contribution in [0.1, 0.15) is 79.1 Å². The van der Waals surface area contributed by atoms with Crippen molar-refractivity contribution in [1.29, 1.82) is 0 Å². The van der Waals surface area contributed by atoms with E-state index in [0.717, 1.165) is 82.4 Å². The summed E-state index contributed by atoms with van der Waals surface area (Å²) in [5.74, 6) is 0.848. The quantitative estimate of drug-likeness (QED) is 0.0169. The second kappa shape index (κ2) is 31.1. The molecule has 0 saturated heterocycles. The second-order valence-corrected chi connectivity index (χ2v) is 25.5. The Bertz CT molecular complexity index is 4590. The summed E-state index contributed by atoms with van der Waals surface area (Å²) < 4.78 is 31.7. The van der Waals surface area contributed by atoms with Crippen molar-refractivity contribution in [2.75, 3.05) is 0 Å².